The molecule has 2 aliphatic rings. The number of benzene rings is 1. The minimum Gasteiger partial charge on any atom is -0.339 e. The monoisotopic (exact) mass is 399 g/mol. The molecule has 7 nitrogen and oxygen atoms in total. The van der Waals surface area contributed by atoms with E-state index in [1.807, 2.05) is 17.9 Å². The standard InChI is InChI=1S/C20H22ClN5O2/c1-14-3-4-16(21)12-17(14)26-13-15(11-18(26)27)19(28)24-7-9-25(10-8-24)20-22-5-2-6-23-20/h2-6,12,15H,7-11,13H2,1H3. The molecule has 2 saturated heterocycles. The van der Waals surface area contributed by atoms with E-state index in [-0.39, 0.29) is 24.2 Å². The summed E-state index contributed by atoms with van der Waals surface area (Å²) < 4.78 is 0. The third-order valence-corrected chi connectivity index (χ3v) is 5.60. The molecule has 146 valence electrons. The summed E-state index contributed by atoms with van der Waals surface area (Å²) in [5.41, 5.74) is 1.76. The van der Waals surface area contributed by atoms with E-state index in [0.29, 0.717) is 43.7 Å². The molecule has 0 aliphatic carbocycles. The minimum atomic E-state index is -0.314. The summed E-state index contributed by atoms with van der Waals surface area (Å²) in [4.78, 5) is 39.7. The zero-order valence-corrected chi connectivity index (χ0v) is 16.5. The molecule has 4 rings (SSSR count). The maximum absolute atomic E-state index is 13.0. The van der Waals surface area contributed by atoms with Crippen LogP contribution in [0.4, 0.5) is 11.6 Å². The van der Waals surface area contributed by atoms with Gasteiger partial charge in [-0.2, -0.15) is 0 Å². The van der Waals surface area contributed by atoms with E-state index < -0.39 is 0 Å². The summed E-state index contributed by atoms with van der Waals surface area (Å²) in [6.45, 7) is 4.94. The number of nitrogens with zero attached hydrogens (tertiary/aromatic N) is 5. The van der Waals surface area contributed by atoms with Crippen LogP contribution in [-0.4, -0.2) is 59.4 Å². The number of amides is 2. The molecule has 2 fully saturated rings. The first-order valence-electron chi connectivity index (χ1n) is 9.40. The second kappa shape index (κ2) is 7.75. The summed E-state index contributed by atoms with van der Waals surface area (Å²) in [6.07, 6.45) is 3.68. The zero-order chi connectivity index (χ0) is 19.7. The van der Waals surface area contributed by atoms with E-state index in [4.69, 9.17) is 11.6 Å². The third kappa shape index (κ3) is 3.67. The molecule has 3 heterocycles. The molecule has 2 aliphatic heterocycles. The van der Waals surface area contributed by atoms with Crippen molar-refractivity contribution in [1.82, 2.24) is 14.9 Å². The first-order valence-corrected chi connectivity index (χ1v) is 9.78. The Balaban J connectivity index is 1.40. The first-order chi connectivity index (χ1) is 13.5. The van der Waals surface area contributed by atoms with Gasteiger partial charge in [0, 0.05) is 62.2 Å². The van der Waals surface area contributed by atoms with Gasteiger partial charge in [0.05, 0.1) is 5.92 Å². The Morgan fingerprint density at radius 3 is 2.57 bits per heavy atom. The first kappa shape index (κ1) is 18.7. The lowest BCUT2D eigenvalue weighted by atomic mass is 10.1. The van der Waals surface area contributed by atoms with Gasteiger partial charge in [-0.3, -0.25) is 9.59 Å². The molecule has 8 heteroatoms. The highest BCUT2D eigenvalue weighted by Gasteiger charge is 2.38. The number of hydrogen-bond acceptors (Lipinski definition) is 5. The number of anilines is 2. The highest BCUT2D eigenvalue weighted by molar-refractivity contribution is 6.31. The molecule has 0 radical (unpaired) electrons. The van der Waals surface area contributed by atoms with Gasteiger partial charge in [0.2, 0.25) is 17.8 Å². The van der Waals surface area contributed by atoms with Crippen molar-refractivity contribution in [2.24, 2.45) is 5.92 Å². The van der Waals surface area contributed by atoms with Crippen LogP contribution in [0.5, 0.6) is 0 Å². The molecule has 2 amide bonds. The minimum absolute atomic E-state index is 0.0277. The van der Waals surface area contributed by atoms with Crippen LogP contribution in [0, 0.1) is 12.8 Å². The van der Waals surface area contributed by atoms with Gasteiger partial charge in [-0.1, -0.05) is 17.7 Å². The van der Waals surface area contributed by atoms with Gasteiger partial charge < -0.3 is 14.7 Å². The Bertz CT molecular complexity index is 883. The van der Waals surface area contributed by atoms with Crippen molar-refractivity contribution in [2.75, 3.05) is 42.5 Å². The van der Waals surface area contributed by atoms with Gasteiger partial charge >= 0.3 is 0 Å². The molecule has 0 spiro atoms. The average molecular weight is 400 g/mol. The predicted octanol–water partition coefficient (Wildman–Crippen LogP) is 2.14. The lowest BCUT2D eigenvalue weighted by Crippen LogP contribution is -2.51. The molecule has 1 aromatic heterocycles. The van der Waals surface area contributed by atoms with Gasteiger partial charge in [-0.15, -0.1) is 0 Å². The highest BCUT2D eigenvalue weighted by atomic mass is 35.5. The fourth-order valence-electron chi connectivity index (χ4n) is 3.82. The largest absolute Gasteiger partial charge is 0.339 e. The highest BCUT2D eigenvalue weighted by Crippen LogP contribution is 2.31. The molecule has 1 unspecified atom stereocenters. The fraction of sp³-hybridized carbons (Fsp3) is 0.400. The molecule has 1 aromatic carbocycles. The van der Waals surface area contributed by atoms with E-state index >= 15 is 0 Å². The molecule has 28 heavy (non-hydrogen) atoms. The van der Waals surface area contributed by atoms with Gasteiger partial charge in [-0.05, 0) is 30.7 Å². The normalized spacial score (nSPS) is 20.0. The van der Waals surface area contributed by atoms with E-state index in [0.717, 1.165) is 11.3 Å². The van der Waals surface area contributed by atoms with Crippen molar-refractivity contribution in [2.45, 2.75) is 13.3 Å². The van der Waals surface area contributed by atoms with Crippen LogP contribution in [0.25, 0.3) is 0 Å². The molecule has 0 saturated carbocycles. The van der Waals surface area contributed by atoms with Gasteiger partial charge in [0.25, 0.3) is 0 Å². The van der Waals surface area contributed by atoms with E-state index in [2.05, 4.69) is 14.9 Å². The summed E-state index contributed by atoms with van der Waals surface area (Å²) in [7, 11) is 0. The van der Waals surface area contributed by atoms with Crippen molar-refractivity contribution in [1.29, 1.82) is 0 Å². The molecular formula is C20H22ClN5O2. The molecule has 1 atom stereocenters. The van der Waals surface area contributed by atoms with E-state index in [1.165, 1.54) is 0 Å². The second-order valence-electron chi connectivity index (χ2n) is 7.20. The van der Waals surface area contributed by atoms with Crippen molar-refractivity contribution >= 4 is 35.1 Å². The van der Waals surface area contributed by atoms with Crippen LogP contribution >= 0.6 is 11.6 Å². The van der Waals surface area contributed by atoms with Gasteiger partial charge in [0.15, 0.2) is 0 Å². The lowest BCUT2D eigenvalue weighted by Gasteiger charge is -2.35. The van der Waals surface area contributed by atoms with Gasteiger partial charge in [-0.25, -0.2) is 9.97 Å². The van der Waals surface area contributed by atoms with E-state index in [9.17, 15) is 9.59 Å². The number of rotatable bonds is 3. The SMILES string of the molecule is Cc1ccc(Cl)cc1N1CC(C(=O)N2CCN(c3ncccn3)CC2)CC1=O. The number of aryl methyl sites for hydroxylation is 1. The maximum atomic E-state index is 13.0. The van der Waals surface area contributed by atoms with Gasteiger partial charge in [0.1, 0.15) is 0 Å². The Labute approximate surface area is 168 Å². The summed E-state index contributed by atoms with van der Waals surface area (Å²) in [5.74, 6) is 0.392. The summed E-state index contributed by atoms with van der Waals surface area (Å²) in [5, 5.41) is 0.586. The van der Waals surface area contributed by atoms with E-state index in [1.54, 1.807) is 35.5 Å². The molecule has 2 aromatic rings. The number of aromatic nitrogens is 2. The summed E-state index contributed by atoms with van der Waals surface area (Å²) >= 11 is 6.10. The second-order valence-corrected chi connectivity index (χ2v) is 7.63. The van der Waals surface area contributed by atoms with Crippen LogP contribution in [0.15, 0.2) is 36.7 Å². The van der Waals surface area contributed by atoms with Crippen LogP contribution in [0.1, 0.15) is 12.0 Å². The average Bonchev–Trinajstić information content (AvgIpc) is 3.11. The Hall–Kier alpha value is -2.67. The number of halogens is 1. The Kier molecular flexibility index (Phi) is 5.17. The number of carbonyl (C=O) groups excluding carboxylic acids is 2. The Morgan fingerprint density at radius 1 is 1.14 bits per heavy atom. The third-order valence-electron chi connectivity index (χ3n) is 5.36. The van der Waals surface area contributed by atoms with Crippen LogP contribution in [-0.2, 0) is 9.59 Å². The van der Waals surface area contributed by atoms with Crippen LogP contribution in [0.3, 0.4) is 0 Å². The fourth-order valence-corrected chi connectivity index (χ4v) is 3.99. The van der Waals surface area contributed by atoms with Crippen molar-refractivity contribution < 1.29 is 9.59 Å². The predicted molar refractivity (Wildman–Crippen MR) is 107 cm³/mol. The van der Waals surface area contributed by atoms with Crippen LogP contribution < -0.4 is 9.80 Å². The Morgan fingerprint density at radius 2 is 1.86 bits per heavy atom. The van der Waals surface area contributed by atoms with Crippen molar-refractivity contribution in [3.8, 4) is 0 Å². The quantitative estimate of drug-likeness (QED) is 0.790. The van der Waals surface area contributed by atoms with Crippen molar-refractivity contribution in [3.63, 3.8) is 0 Å². The summed E-state index contributed by atoms with van der Waals surface area (Å²) in [6, 6.07) is 7.28. The van der Waals surface area contributed by atoms with Crippen molar-refractivity contribution in [3.05, 3.63) is 47.2 Å². The lowest BCUT2D eigenvalue weighted by molar-refractivity contribution is -0.136. The zero-order valence-electron chi connectivity index (χ0n) is 15.7. The molecule has 0 N–H and O–H groups in total. The molecule has 0 bridgehead atoms. The topological polar surface area (TPSA) is 69.6 Å². The number of piperazine rings is 1. The van der Waals surface area contributed by atoms with Crippen LogP contribution in [0.2, 0.25) is 5.02 Å². The smallest absolute Gasteiger partial charge is 0.228 e. The molecular weight excluding hydrogens is 378 g/mol. The number of carbonyl (C=O) groups is 2. The maximum Gasteiger partial charge on any atom is 0.228 e. The number of hydrogen-bond donors (Lipinski definition) is 0.